The highest BCUT2D eigenvalue weighted by atomic mass is 16.8. The number of hydrogen-bond acceptors (Lipinski definition) is 9. The van der Waals surface area contributed by atoms with E-state index in [1.54, 1.807) is 0 Å². The minimum absolute atomic E-state index is 0.00864. The molecule has 20 heavy (non-hydrogen) atoms. The van der Waals surface area contributed by atoms with Crippen molar-refractivity contribution in [2.24, 2.45) is 0 Å². The van der Waals surface area contributed by atoms with Gasteiger partial charge in [0.25, 0.3) is 0 Å². The molecule has 0 aliphatic carbocycles. The molecule has 0 atom stereocenters. The first-order valence-corrected chi connectivity index (χ1v) is 5.50. The third kappa shape index (κ3) is 4.19. The molecule has 0 bridgehead atoms. The Hall–Kier alpha value is -2.71. The van der Waals surface area contributed by atoms with Crippen LogP contribution in [0, 0.1) is 0 Å². The lowest BCUT2D eigenvalue weighted by Gasteiger charge is -2.02. The molecule has 2 aliphatic heterocycles. The predicted molar refractivity (Wildman–Crippen MR) is 58.3 cm³/mol. The second-order valence-corrected chi connectivity index (χ2v) is 3.49. The van der Waals surface area contributed by atoms with Crippen molar-refractivity contribution in [3.8, 4) is 0 Å². The first-order valence-electron chi connectivity index (χ1n) is 5.50. The fourth-order valence-corrected chi connectivity index (χ4v) is 1.24. The van der Waals surface area contributed by atoms with Crippen LogP contribution in [-0.4, -0.2) is 44.9 Å². The maximum absolute atomic E-state index is 11.1. The van der Waals surface area contributed by atoms with Gasteiger partial charge in [0.05, 0.1) is 0 Å². The maximum atomic E-state index is 11.1. The highest BCUT2D eigenvalue weighted by Crippen LogP contribution is 2.10. The molecule has 108 valence electrons. The van der Waals surface area contributed by atoms with Crippen LogP contribution < -0.4 is 0 Å². The molecule has 0 N–H and O–H groups in total. The molecule has 0 saturated carbocycles. The van der Waals surface area contributed by atoms with Crippen molar-refractivity contribution in [1.29, 1.82) is 0 Å². The molecular formula is C11H10O9. The Kier molecular flexibility index (Phi) is 4.43. The van der Waals surface area contributed by atoms with E-state index in [4.69, 9.17) is 0 Å². The summed E-state index contributed by atoms with van der Waals surface area (Å²) in [6.45, 7) is -0.234. The van der Waals surface area contributed by atoms with Gasteiger partial charge in [0, 0.05) is 0 Å². The minimum atomic E-state index is -0.922. The van der Waals surface area contributed by atoms with Crippen LogP contribution >= 0.6 is 0 Å². The van der Waals surface area contributed by atoms with Crippen LogP contribution in [-0.2, 0) is 28.4 Å². The molecule has 2 rings (SSSR count). The van der Waals surface area contributed by atoms with Gasteiger partial charge < -0.3 is 28.4 Å². The summed E-state index contributed by atoms with van der Waals surface area (Å²) < 4.78 is 27.5. The Balaban J connectivity index is 1.61. The van der Waals surface area contributed by atoms with E-state index >= 15 is 0 Å². The Morgan fingerprint density at radius 2 is 1.40 bits per heavy atom. The number of carbonyl (C=O) groups is 3. The molecule has 2 saturated heterocycles. The summed E-state index contributed by atoms with van der Waals surface area (Å²) in [5, 5.41) is 0. The molecule has 0 aromatic rings. The number of cyclic esters (lactones) is 4. The number of rotatable bonds is 4. The van der Waals surface area contributed by atoms with Crippen LogP contribution in [0.2, 0.25) is 0 Å². The van der Waals surface area contributed by atoms with Crippen LogP contribution in [0.3, 0.4) is 0 Å². The fourth-order valence-electron chi connectivity index (χ4n) is 1.24. The van der Waals surface area contributed by atoms with Gasteiger partial charge in [-0.2, -0.15) is 0 Å². The first kappa shape index (κ1) is 13.7. The van der Waals surface area contributed by atoms with Crippen LogP contribution in [0.4, 0.5) is 14.4 Å². The normalized spacial score (nSPS) is 21.2. The Bertz CT molecular complexity index is 434. The number of carbonyl (C=O) groups excluding carboxylic acids is 3. The van der Waals surface area contributed by atoms with Gasteiger partial charge in [-0.05, 0) is 12.2 Å². The molecule has 9 heteroatoms. The van der Waals surface area contributed by atoms with Crippen molar-refractivity contribution in [3.05, 3.63) is 23.7 Å². The lowest BCUT2D eigenvalue weighted by Crippen LogP contribution is -2.08. The van der Waals surface area contributed by atoms with Gasteiger partial charge in [-0.3, -0.25) is 0 Å². The summed E-state index contributed by atoms with van der Waals surface area (Å²) in [4.78, 5) is 32.3. The van der Waals surface area contributed by atoms with Crippen LogP contribution in [0.15, 0.2) is 23.7 Å². The molecule has 0 aromatic carbocycles. The zero-order valence-corrected chi connectivity index (χ0v) is 10.2. The zero-order valence-electron chi connectivity index (χ0n) is 10.2. The quantitative estimate of drug-likeness (QED) is 0.557. The van der Waals surface area contributed by atoms with E-state index < -0.39 is 18.5 Å². The van der Waals surface area contributed by atoms with Crippen molar-refractivity contribution in [2.75, 3.05) is 26.4 Å². The largest absolute Gasteiger partial charge is 0.514 e. The molecule has 0 unspecified atom stereocenters. The molecule has 0 aromatic heterocycles. The van der Waals surface area contributed by atoms with E-state index in [-0.39, 0.29) is 37.9 Å². The summed E-state index contributed by atoms with van der Waals surface area (Å²) in [6.07, 6.45) is 0.237. The lowest BCUT2D eigenvalue weighted by atomic mass is 10.5. The predicted octanol–water partition coefficient (Wildman–Crippen LogP) is 1.24. The summed E-state index contributed by atoms with van der Waals surface area (Å²) >= 11 is 0. The second kappa shape index (κ2) is 6.45. The molecule has 2 aliphatic rings. The second-order valence-electron chi connectivity index (χ2n) is 3.49. The summed E-state index contributed by atoms with van der Waals surface area (Å²) in [5.41, 5.74) is 0. The van der Waals surface area contributed by atoms with E-state index in [1.165, 1.54) is 12.2 Å². The standard InChI is InChI=1S/C11H10O9/c12-9(15-3-1-7-5-17-10(13)19-7)16-4-2-8-6-18-11(14)20-8/h1-2H,3-6H2. The SMILES string of the molecule is O=C(OCC=C1COC(=O)O1)OCC=C1COC(=O)O1. The third-order valence-corrected chi connectivity index (χ3v) is 2.12. The molecule has 0 spiro atoms. The van der Waals surface area contributed by atoms with Crippen molar-refractivity contribution in [3.63, 3.8) is 0 Å². The van der Waals surface area contributed by atoms with Gasteiger partial charge in [0.15, 0.2) is 13.2 Å². The summed E-state index contributed by atoms with van der Waals surface area (Å²) in [5.74, 6) is 0.528. The van der Waals surface area contributed by atoms with E-state index in [1.807, 2.05) is 0 Å². The van der Waals surface area contributed by atoms with E-state index in [0.717, 1.165) is 0 Å². The van der Waals surface area contributed by atoms with Crippen molar-refractivity contribution in [2.45, 2.75) is 0 Å². The monoisotopic (exact) mass is 286 g/mol. The van der Waals surface area contributed by atoms with Gasteiger partial charge in [-0.25, -0.2) is 14.4 Å². The third-order valence-electron chi connectivity index (χ3n) is 2.12. The lowest BCUT2D eigenvalue weighted by molar-refractivity contribution is 0.0708. The first-order chi connectivity index (χ1) is 9.63. The highest BCUT2D eigenvalue weighted by molar-refractivity contribution is 5.64. The Morgan fingerprint density at radius 1 is 0.950 bits per heavy atom. The molecule has 0 amide bonds. The van der Waals surface area contributed by atoms with E-state index in [9.17, 15) is 14.4 Å². The van der Waals surface area contributed by atoms with Crippen molar-refractivity contribution in [1.82, 2.24) is 0 Å². The zero-order chi connectivity index (χ0) is 14.4. The van der Waals surface area contributed by atoms with Crippen molar-refractivity contribution >= 4 is 18.5 Å². The van der Waals surface area contributed by atoms with Gasteiger partial charge in [0.2, 0.25) is 0 Å². The van der Waals surface area contributed by atoms with E-state index in [2.05, 4.69) is 28.4 Å². The molecule has 2 heterocycles. The summed E-state index contributed by atoms with van der Waals surface area (Å²) in [6, 6.07) is 0. The Labute approximate surface area is 112 Å². The average molecular weight is 286 g/mol. The van der Waals surface area contributed by atoms with Crippen molar-refractivity contribution < 1.29 is 42.8 Å². The van der Waals surface area contributed by atoms with Gasteiger partial charge in [-0.1, -0.05) is 0 Å². The molecule has 0 radical (unpaired) electrons. The number of hydrogen-bond donors (Lipinski definition) is 0. The number of ether oxygens (including phenoxy) is 6. The summed E-state index contributed by atoms with van der Waals surface area (Å²) in [7, 11) is 0. The Morgan fingerprint density at radius 3 is 1.75 bits per heavy atom. The van der Waals surface area contributed by atoms with Crippen LogP contribution in [0.25, 0.3) is 0 Å². The smallest absolute Gasteiger partial charge is 0.430 e. The topological polar surface area (TPSA) is 107 Å². The van der Waals surface area contributed by atoms with Gasteiger partial charge in [-0.15, -0.1) is 0 Å². The molecular weight excluding hydrogens is 276 g/mol. The van der Waals surface area contributed by atoms with Crippen LogP contribution in [0.5, 0.6) is 0 Å². The van der Waals surface area contributed by atoms with Gasteiger partial charge in [0.1, 0.15) is 24.7 Å². The van der Waals surface area contributed by atoms with Gasteiger partial charge >= 0.3 is 18.5 Å². The molecule has 2 fully saturated rings. The van der Waals surface area contributed by atoms with Crippen LogP contribution in [0.1, 0.15) is 0 Å². The molecule has 9 nitrogen and oxygen atoms in total. The fraction of sp³-hybridized carbons (Fsp3) is 0.364. The highest BCUT2D eigenvalue weighted by Gasteiger charge is 2.19. The average Bonchev–Trinajstić information content (AvgIpc) is 2.99. The van der Waals surface area contributed by atoms with E-state index in [0.29, 0.717) is 0 Å². The minimum Gasteiger partial charge on any atom is -0.430 e. The maximum Gasteiger partial charge on any atom is 0.514 e.